The lowest BCUT2D eigenvalue weighted by Gasteiger charge is -2.45. The van der Waals surface area contributed by atoms with Crippen molar-refractivity contribution in [1.82, 2.24) is 0 Å². The number of hydrogen-bond acceptors (Lipinski definition) is 4. The Labute approximate surface area is 112 Å². The van der Waals surface area contributed by atoms with Gasteiger partial charge in [0.25, 0.3) is 0 Å². The van der Waals surface area contributed by atoms with E-state index in [4.69, 9.17) is 14.2 Å². The Morgan fingerprint density at radius 2 is 1.68 bits per heavy atom. The van der Waals surface area contributed by atoms with Gasteiger partial charge in [0, 0.05) is 6.07 Å². The standard InChI is InChI=1S/C15H17NO3/c1-17-12-5-11(6-13(7-12)18-2)15(9-19-10-15)14(8-16)3-4-14/h5-7H,3-4,9-10H2,1-2H3. The van der Waals surface area contributed by atoms with Crippen LogP contribution in [0.4, 0.5) is 0 Å². The van der Waals surface area contributed by atoms with Crippen LogP contribution in [0.15, 0.2) is 18.2 Å². The van der Waals surface area contributed by atoms with Gasteiger partial charge in [-0.2, -0.15) is 5.26 Å². The van der Waals surface area contributed by atoms with E-state index in [1.54, 1.807) is 14.2 Å². The van der Waals surface area contributed by atoms with Gasteiger partial charge in [-0.25, -0.2) is 0 Å². The van der Waals surface area contributed by atoms with Crippen LogP contribution in [0.5, 0.6) is 11.5 Å². The highest BCUT2D eigenvalue weighted by Gasteiger charge is 2.64. The summed E-state index contributed by atoms with van der Waals surface area (Å²) >= 11 is 0. The molecule has 2 fully saturated rings. The molecule has 0 spiro atoms. The highest BCUT2D eigenvalue weighted by Crippen LogP contribution is 2.62. The zero-order valence-electron chi connectivity index (χ0n) is 11.2. The molecule has 0 aromatic heterocycles. The number of ether oxygens (including phenoxy) is 3. The van der Waals surface area contributed by atoms with Crippen molar-refractivity contribution in [2.75, 3.05) is 27.4 Å². The first-order valence-corrected chi connectivity index (χ1v) is 6.42. The first kappa shape index (κ1) is 12.3. The number of methoxy groups -OCH3 is 2. The van der Waals surface area contributed by atoms with Gasteiger partial charge in [-0.1, -0.05) is 0 Å². The summed E-state index contributed by atoms with van der Waals surface area (Å²) in [5.74, 6) is 1.52. The Morgan fingerprint density at radius 3 is 2.00 bits per heavy atom. The number of hydrogen-bond donors (Lipinski definition) is 0. The molecule has 1 saturated heterocycles. The number of rotatable bonds is 4. The molecule has 2 aliphatic rings. The van der Waals surface area contributed by atoms with Gasteiger partial charge in [-0.15, -0.1) is 0 Å². The van der Waals surface area contributed by atoms with Gasteiger partial charge in [0.05, 0.1) is 44.3 Å². The van der Waals surface area contributed by atoms with E-state index in [1.807, 2.05) is 18.2 Å². The molecule has 0 amide bonds. The lowest BCUT2D eigenvalue weighted by molar-refractivity contribution is -0.0868. The topological polar surface area (TPSA) is 51.5 Å². The summed E-state index contributed by atoms with van der Waals surface area (Å²) in [5, 5.41) is 9.50. The molecule has 0 N–H and O–H groups in total. The molecule has 0 bridgehead atoms. The van der Waals surface area contributed by atoms with Crippen LogP contribution >= 0.6 is 0 Å². The third kappa shape index (κ3) is 1.62. The van der Waals surface area contributed by atoms with E-state index in [-0.39, 0.29) is 10.8 Å². The lowest BCUT2D eigenvalue weighted by Crippen LogP contribution is -2.53. The summed E-state index contributed by atoms with van der Waals surface area (Å²) in [6.07, 6.45) is 1.90. The van der Waals surface area contributed by atoms with Crippen molar-refractivity contribution < 1.29 is 14.2 Å². The summed E-state index contributed by atoms with van der Waals surface area (Å²) < 4.78 is 16.1. The fraction of sp³-hybridized carbons (Fsp3) is 0.533. The van der Waals surface area contributed by atoms with Crippen LogP contribution in [-0.4, -0.2) is 27.4 Å². The van der Waals surface area contributed by atoms with E-state index in [2.05, 4.69) is 6.07 Å². The van der Waals surface area contributed by atoms with Gasteiger partial charge in [0.15, 0.2) is 0 Å². The van der Waals surface area contributed by atoms with Crippen molar-refractivity contribution >= 4 is 0 Å². The summed E-state index contributed by atoms with van der Waals surface area (Å²) in [4.78, 5) is 0. The number of nitrogens with zero attached hydrogens (tertiary/aromatic N) is 1. The zero-order valence-corrected chi connectivity index (χ0v) is 11.2. The average Bonchev–Trinajstić information content (AvgIpc) is 3.18. The smallest absolute Gasteiger partial charge is 0.122 e. The van der Waals surface area contributed by atoms with E-state index in [9.17, 15) is 5.26 Å². The highest BCUT2D eigenvalue weighted by molar-refractivity contribution is 5.47. The van der Waals surface area contributed by atoms with Crippen molar-refractivity contribution in [3.05, 3.63) is 23.8 Å². The largest absolute Gasteiger partial charge is 0.497 e. The molecule has 19 heavy (non-hydrogen) atoms. The molecule has 4 heteroatoms. The van der Waals surface area contributed by atoms with Gasteiger partial charge in [0.2, 0.25) is 0 Å². The highest BCUT2D eigenvalue weighted by atomic mass is 16.5. The number of benzene rings is 1. The molecule has 0 atom stereocenters. The SMILES string of the molecule is COc1cc(OC)cc(C2(C3(C#N)CC3)COC2)c1. The predicted octanol–water partition coefficient (Wildman–Crippen LogP) is 2.28. The Bertz CT molecular complexity index is 517. The molecule has 1 saturated carbocycles. The van der Waals surface area contributed by atoms with Crippen LogP contribution < -0.4 is 9.47 Å². The molecule has 3 rings (SSSR count). The Morgan fingerprint density at radius 1 is 1.11 bits per heavy atom. The quantitative estimate of drug-likeness (QED) is 0.832. The van der Waals surface area contributed by atoms with Crippen LogP contribution in [0.25, 0.3) is 0 Å². The lowest BCUT2D eigenvalue weighted by atomic mass is 9.66. The maximum atomic E-state index is 9.50. The second kappa shape index (κ2) is 4.14. The van der Waals surface area contributed by atoms with Crippen molar-refractivity contribution in [2.24, 2.45) is 5.41 Å². The van der Waals surface area contributed by atoms with Crippen LogP contribution in [0.1, 0.15) is 18.4 Å². The third-order valence-corrected chi connectivity index (χ3v) is 4.48. The minimum absolute atomic E-state index is 0.191. The summed E-state index contributed by atoms with van der Waals surface area (Å²) in [6, 6.07) is 8.36. The first-order chi connectivity index (χ1) is 9.19. The summed E-state index contributed by atoms with van der Waals surface area (Å²) in [7, 11) is 3.28. The van der Waals surface area contributed by atoms with E-state index in [0.29, 0.717) is 13.2 Å². The van der Waals surface area contributed by atoms with Crippen molar-refractivity contribution in [2.45, 2.75) is 18.3 Å². The molecule has 1 aliphatic carbocycles. The molecular formula is C15H17NO3. The van der Waals surface area contributed by atoms with Gasteiger partial charge in [0.1, 0.15) is 11.5 Å². The Balaban J connectivity index is 2.07. The second-order valence-electron chi connectivity index (χ2n) is 5.37. The zero-order chi connectivity index (χ0) is 13.5. The molecule has 1 aromatic carbocycles. The molecule has 100 valence electrons. The van der Waals surface area contributed by atoms with E-state index >= 15 is 0 Å². The third-order valence-electron chi connectivity index (χ3n) is 4.48. The van der Waals surface area contributed by atoms with Gasteiger partial charge < -0.3 is 14.2 Å². The van der Waals surface area contributed by atoms with Gasteiger partial charge in [-0.05, 0) is 30.5 Å². The van der Waals surface area contributed by atoms with Crippen molar-refractivity contribution in [3.63, 3.8) is 0 Å². The van der Waals surface area contributed by atoms with Crippen LogP contribution in [0.3, 0.4) is 0 Å². The maximum Gasteiger partial charge on any atom is 0.122 e. The number of nitriles is 1. The monoisotopic (exact) mass is 259 g/mol. The minimum Gasteiger partial charge on any atom is -0.497 e. The van der Waals surface area contributed by atoms with Crippen LogP contribution in [0, 0.1) is 16.7 Å². The molecule has 1 heterocycles. The molecule has 1 aliphatic heterocycles. The van der Waals surface area contributed by atoms with Gasteiger partial charge in [-0.3, -0.25) is 0 Å². The normalized spacial score (nSPS) is 21.9. The molecular weight excluding hydrogens is 242 g/mol. The summed E-state index contributed by atoms with van der Waals surface area (Å²) in [5.41, 5.74) is 0.639. The molecule has 1 aromatic rings. The Kier molecular flexibility index (Phi) is 2.68. The van der Waals surface area contributed by atoms with Gasteiger partial charge >= 0.3 is 0 Å². The van der Waals surface area contributed by atoms with Crippen molar-refractivity contribution in [3.8, 4) is 17.6 Å². The van der Waals surface area contributed by atoms with E-state index in [1.165, 1.54) is 0 Å². The molecule has 0 radical (unpaired) electrons. The predicted molar refractivity (Wildman–Crippen MR) is 69.3 cm³/mol. The van der Waals surface area contributed by atoms with Crippen LogP contribution in [-0.2, 0) is 10.2 Å². The fourth-order valence-electron chi connectivity index (χ4n) is 2.93. The maximum absolute atomic E-state index is 9.50. The summed E-state index contributed by atoms with van der Waals surface area (Å²) in [6.45, 7) is 1.22. The van der Waals surface area contributed by atoms with E-state index < -0.39 is 0 Å². The molecule has 0 unspecified atom stereocenters. The van der Waals surface area contributed by atoms with Crippen LogP contribution in [0.2, 0.25) is 0 Å². The Hall–Kier alpha value is -1.73. The fourth-order valence-corrected chi connectivity index (χ4v) is 2.93. The first-order valence-electron chi connectivity index (χ1n) is 6.42. The average molecular weight is 259 g/mol. The van der Waals surface area contributed by atoms with E-state index in [0.717, 1.165) is 29.9 Å². The molecule has 4 nitrogen and oxygen atoms in total. The van der Waals surface area contributed by atoms with Crippen molar-refractivity contribution in [1.29, 1.82) is 5.26 Å². The minimum atomic E-state index is -0.261. The second-order valence-corrected chi connectivity index (χ2v) is 5.37.